The first-order valence-electron chi connectivity index (χ1n) is 10.7. The molecule has 6 nitrogen and oxygen atoms in total. The smallest absolute Gasteiger partial charge is 0.266 e. The van der Waals surface area contributed by atoms with Crippen LogP contribution in [-0.4, -0.2) is 42.4 Å². The van der Waals surface area contributed by atoms with Gasteiger partial charge in [0, 0.05) is 18.6 Å². The maximum absolute atomic E-state index is 13.3. The van der Waals surface area contributed by atoms with Gasteiger partial charge >= 0.3 is 0 Å². The number of anilines is 1. The van der Waals surface area contributed by atoms with E-state index in [9.17, 15) is 4.79 Å². The van der Waals surface area contributed by atoms with E-state index in [0.29, 0.717) is 17.4 Å². The van der Waals surface area contributed by atoms with Gasteiger partial charge in [-0.15, -0.1) is 0 Å². The Labute approximate surface area is 185 Å². The van der Waals surface area contributed by atoms with Crippen LogP contribution in [0.2, 0.25) is 0 Å². The number of rotatable bonds is 6. The molecular formula is C24H26N2O4S. The van der Waals surface area contributed by atoms with E-state index in [1.807, 2.05) is 42.5 Å². The predicted octanol–water partition coefficient (Wildman–Crippen LogP) is 4.60. The molecule has 1 saturated heterocycles. The summed E-state index contributed by atoms with van der Waals surface area (Å²) in [6, 6.07) is 13.8. The van der Waals surface area contributed by atoms with Gasteiger partial charge in [0.25, 0.3) is 5.91 Å². The molecule has 0 aliphatic carbocycles. The highest BCUT2D eigenvalue weighted by Crippen LogP contribution is 2.41. The standard InChI is InChI=1S/C24H26N2O4S/c1-24(2)13-16-7-5-10-19(22(16)30-24)29-15-21(27)26(14-17-8-6-12-28-17)23-25-18-9-3-4-11-20(18)31-23/h3-5,7,9-11,17H,6,8,12-15H2,1-2H3/t17-/m1/s1. The highest BCUT2D eigenvalue weighted by atomic mass is 32.1. The van der Waals surface area contributed by atoms with Crippen LogP contribution in [0.15, 0.2) is 42.5 Å². The third-order valence-corrected chi connectivity index (χ3v) is 6.69. The van der Waals surface area contributed by atoms with Crippen molar-refractivity contribution >= 4 is 32.6 Å². The summed E-state index contributed by atoms with van der Waals surface area (Å²) in [5.74, 6) is 1.22. The molecule has 3 aromatic rings. The SMILES string of the molecule is CC1(C)Cc2cccc(OCC(=O)N(C[C@H]3CCCO3)c3nc4ccccc4s3)c2O1. The van der Waals surface area contributed by atoms with E-state index in [2.05, 4.69) is 13.8 Å². The lowest BCUT2D eigenvalue weighted by atomic mass is 10.0. The largest absolute Gasteiger partial charge is 0.483 e. The van der Waals surface area contributed by atoms with E-state index in [1.165, 1.54) is 11.3 Å². The van der Waals surface area contributed by atoms with Crippen LogP contribution in [0.3, 0.4) is 0 Å². The van der Waals surface area contributed by atoms with Crippen LogP contribution in [0.25, 0.3) is 10.2 Å². The number of aromatic nitrogens is 1. The molecule has 0 N–H and O–H groups in total. The van der Waals surface area contributed by atoms with Crippen molar-refractivity contribution in [3.8, 4) is 11.5 Å². The third-order valence-electron chi connectivity index (χ3n) is 5.63. The van der Waals surface area contributed by atoms with Gasteiger partial charge < -0.3 is 14.2 Å². The maximum atomic E-state index is 13.3. The second-order valence-electron chi connectivity index (χ2n) is 8.68. The van der Waals surface area contributed by atoms with Crippen LogP contribution < -0.4 is 14.4 Å². The van der Waals surface area contributed by atoms with Crippen LogP contribution in [0, 0.1) is 0 Å². The summed E-state index contributed by atoms with van der Waals surface area (Å²) in [6.07, 6.45) is 2.82. The molecule has 3 heterocycles. The number of carbonyl (C=O) groups is 1. The normalized spacial score (nSPS) is 19.2. The highest BCUT2D eigenvalue weighted by molar-refractivity contribution is 7.22. The van der Waals surface area contributed by atoms with Crippen molar-refractivity contribution in [2.24, 2.45) is 0 Å². The number of nitrogens with zero attached hydrogens (tertiary/aromatic N) is 2. The Bertz CT molecular complexity index is 1070. The Balaban J connectivity index is 1.36. The fourth-order valence-electron chi connectivity index (χ4n) is 4.17. The Morgan fingerprint density at radius 3 is 2.94 bits per heavy atom. The van der Waals surface area contributed by atoms with Gasteiger partial charge in [-0.3, -0.25) is 9.69 Å². The summed E-state index contributed by atoms with van der Waals surface area (Å²) < 4.78 is 18.9. The minimum atomic E-state index is -0.265. The minimum Gasteiger partial charge on any atom is -0.483 e. The lowest BCUT2D eigenvalue weighted by Crippen LogP contribution is -2.40. The number of hydrogen-bond donors (Lipinski definition) is 0. The zero-order chi connectivity index (χ0) is 21.4. The molecule has 31 heavy (non-hydrogen) atoms. The van der Waals surface area contributed by atoms with Gasteiger partial charge in [-0.25, -0.2) is 4.98 Å². The van der Waals surface area contributed by atoms with Gasteiger partial charge in [-0.05, 0) is 44.9 Å². The van der Waals surface area contributed by atoms with Crippen LogP contribution >= 0.6 is 11.3 Å². The van der Waals surface area contributed by atoms with Gasteiger partial charge in [-0.1, -0.05) is 35.6 Å². The molecule has 0 spiro atoms. The molecule has 7 heteroatoms. The van der Waals surface area contributed by atoms with E-state index in [0.717, 1.165) is 47.4 Å². The van der Waals surface area contributed by atoms with Crippen LogP contribution in [0.5, 0.6) is 11.5 Å². The number of carbonyl (C=O) groups excluding carboxylic acids is 1. The van der Waals surface area contributed by atoms with Gasteiger partial charge in [0.2, 0.25) is 0 Å². The number of para-hydroxylation sites is 2. The molecule has 2 aliphatic rings. The summed E-state index contributed by atoms with van der Waals surface area (Å²) in [6.45, 7) is 5.25. The van der Waals surface area contributed by atoms with Gasteiger partial charge in [0.05, 0.1) is 22.9 Å². The molecule has 5 rings (SSSR count). The van der Waals surface area contributed by atoms with Crippen LogP contribution in [0.1, 0.15) is 32.3 Å². The number of ether oxygens (including phenoxy) is 3. The molecule has 1 atom stereocenters. The van der Waals surface area contributed by atoms with Crippen molar-refractivity contribution < 1.29 is 19.0 Å². The van der Waals surface area contributed by atoms with E-state index in [-0.39, 0.29) is 24.2 Å². The minimum absolute atomic E-state index is 0.0288. The lowest BCUT2D eigenvalue weighted by Gasteiger charge is -2.23. The van der Waals surface area contributed by atoms with Crippen molar-refractivity contribution in [3.05, 3.63) is 48.0 Å². The second-order valence-corrected chi connectivity index (χ2v) is 9.68. The Hall–Kier alpha value is -2.64. The zero-order valence-electron chi connectivity index (χ0n) is 17.8. The van der Waals surface area contributed by atoms with Crippen LogP contribution in [-0.2, 0) is 16.0 Å². The number of hydrogen-bond acceptors (Lipinski definition) is 6. The van der Waals surface area contributed by atoms with E-state index in [1.54, 1.807) is 4.90 Å². The van der Waals surface area contributed by atoms with Gasteiger partial charge in [0.1, 0.15) is 5.60 Å². The molecule has 0 radical (unpaired) electrons. The molecule has 1 amide bonds. The van der Waals surface area contributed by atoms with Crippen molar-refractivity contribution in [2.75, 3.05) is 24.7 Å². The number of thiazole rings is 1. The summed E-state index contributed by atoms with van der Waals surface area (Å²) in [5.41, 5.74) is 1.74. The monoisotopic (exact) mass is 438 g/mol. The Kier molecular flexibility index (Phi) is 5.32. The molecule has 0 unspecified atom stereocenters. The fraction of sp³-hybridized carbons (Fsp3) is 0.417. The Morgan fingerprint density at radius 1 is 1.26 bits per heavy atom. The highest BCUT2D eigenvalue weighted by Gasteiger charge is 2.33. The zero-order valence-corrected chi connectivity index (χ0v) is 18.6. The number of fused-ring (bicyclic) bond motifs is 2. The predicted molar refractivity (Wildman–Crippen MR) is 121 cm³/mol. The maximum Gasteiger partial charge on any atom is 0.266 e. The molecule has 2 aromatic carbocycles. The molecule has 1 aromatic heterocycles. The van der Waals surface area contributed by atoms with Crippen molar-refractivity contribution in [2.45, 2.75) is 44.8 Å². The fourth-order valence-corrected chi connectivity index (χ4v) is 5.16. The molecule has 162 valence electrons. The first-order valence-corrected chi connectivity index (χ1v) is 11.5. The third kappa shape index (κ3) is 4.25. The average Bonchev–Trinajstić information content (AvgIpc) is 3.46. The second kappa shape index (κ2) is 8.13. The van der Waals surface area contributed by atoms with Crippen LogP contribution in [0.4, 0.5) is 5.13 Å². The molecule has 2 aliphatic heterocycles. The summed E-state index contributed by atoms with van der Waals surface area (Å²) in [7, 11) is 0. The van der Waals surface area contributed by atoms with Gasteiger partial charge in [-0.2, -0.15) is 0 Å². The topological polar surface area (TPSA) is 60.9 Å². The number of amides is 1. The van der Waals surface area contributed by atoms with Gasteiger partial charge in [0.15, 0.2) is 23.2 Å². The lowest BCUT2D eigenvalue weighted by molar-refractivity contribution is -0.121. The van der Waals surface area contributed by atoms with Crippen molar-refractivity contribution in [3.63, 3.8) is 0 Å². The van der Waals surface area contributed by atoms with Crippen molar-refractivity contribution in [1.29, 1.82) is 0 Å². The summed E-state index contributed by atoms with van der Waals surface area (Å²) in [5, 5.41) is 0.681. The van der Waals surface area contributed by atoms with E-state index >= 15 is 0 Å². The van der Waals surface area contributed by atoms with Crippen molar-refractivity contribution in [1.82, 2.24) is 4.98 Å². The molecule has 0 saturated carbocycles. The summed E-state index contributed by atoms with van der Waals surface area (Å²) in [4.78, 5) is 19.7. The first kappa shape index (κ1) is 20.3. The Morgan fingerprint density at radius 2 is 2.13 bits per heavy atom. The molecular weight excluding hydrogens is 412 g/mol. The molecule has 1 fully saturated rings. The summed E-state index contributed by atoms with van der Waals surface area (Å²) >= 11 is 1.52. The number of benzene rings is 2. The quantitative estimate of drug-likeness (QED) is 0.563. The molecule has 0 bridgehead atoms. The average molecular weight is 439 g/mol. The van der Waals surface area contributed by atoms with E-state index in [4.69, 9.17) is 19.2 Å². The van der Waals surface area contributed by atoms with E-state index < -0.39 is 0 Å². The first-order chi connectivity index (χ1) is 15.0.